The second-order valence-corrected chi connectivity index (χ2v) is 4.83. The topological polar surface area (TPSA) is 37.4 Å². The number of rotatable bonds is 5. The van der Waals surface area contributed by atoms with Gasteiger partial charge in [0.1, 0.15) is 11.6 Å². The van der Waals surface area contributed by atoms with Gasteiger partial charge in [-0.15, -0.1) is 0 Å². The van der Waals surface area contributed by atoms with E-state index in [1.807, 2.05) is 49.3 Å². The molecule has 20 heavy (non-hydrogen) atoms. The Hall–Kier alpha value is -1.78. The molecule has 106 valence electrons. The molecule has 2 rings (SSSR count). The van der Waals surface area contributed by atoms with Gasteiger partial charge in [0.05, 0.1) is 12.1 Å². The third-order valence-electron chi connectivity index (χ3n) is 3.09. The van der Waals surface area contributed by atoms with Crippen molar-refractivity contribution in [3.8, 4) is 5.75 Å². The van der Waals surface area contributed by atoms with E-state index in [1.54, 1.807) is 13.3 Å². The van der Waals surface area contributed by atoms with E-state index in [2.05, 4.69) is 10.3 Å². The fourth-order valence-corrected chi connectivity index (χ4v) is 2.09. The molecule has 1 aromatic heterocycles. The van der Waals surface area contributed by atoms with E-state index >= 15 is 0 Å². The predicted molar refractivity (Wildman–Crippen MR) is 83.1 cm³/mol. The summed E-state index contributed by atoms with van der Waals surface area (Å²) in [7, 11) is 5.52. The normalized spacial score (nSPS) is 10.4. The number of hydrogen-bond acceptors (Lipinski definition) is 4. The van der Waals surface area contributed by atoms with Gasteiger partial charge in [-0.3, -0.25) is 0 Å². The summed E-state index contributed by atoms with van der Waals surface area (Å²) in [5, 5.41) is 3.77. The van der Waals surface area contributed by atoms with Crippen LogP contribution < -0.4 is 15.0 Å². The Kier molecular flexibility index (Phi) is 4.82. The van der Waals surface area contributed by atoms with Crippen molar-refractivity contribution in [1.29, 1.82) is 0 Å². The molecular formula is C15H18ClN3O. The summed E-state index contributed by atoms with van der Waals surface area (Å²) in [4.78, 5) is 6.38. The van der Waals surface area contributed by atoms with Gasteiger partial charge < -0.3 is 15.0 Å². The first-order valence-corrected chi connectivity index (χ1v) is 6.70. The van der Waals surface area contributed by atoms with Gasteiger partial charge in [-0.1, -0.05) is 11.6 Å². The molecule has 1 heterocycles. The van der Waals surface area contributed by atoms with Crippen molar-refractivity contribution in [3.05, 3.63) is 47.1 Å². The summed E-state index contributed by atoms with van der Waals surface area (Å²) in [6.07, 6.45) is 1.68. The summed E-state index contributed by atoms with van der Waals surface area (Å²) in [5.74, 6) is 1.69. The van der Waals surface area contributed by atoms with E-state index in [1.165, 1.54) is 0 Å². The molecule has 0 radical (unpaired) electrons. The number of ether oxygens (including phenoxy) is 1. The van der Waals surface area contributed by atoms with Crippen LogP contribution in [0.2, 0.25) is 5.02 Å². The highest BCUT2D eigenvalue weighted by atomic mass is 35.5. The highest BCUT2D eigenvalue weighted by molar-refractivity contribution is 6.31. The molecule has 1 aromatic carbocycles. The van der Waals surface area contributed by atoms with Crippen LogP contribution in [0.15, 0.2) is 36.5 Å². The van der Waals surface area contributed by atoms with Gasteiger partial charge in [0.2, 0.25) is 0 Å². The maximum Gasteiger partial charge on any atom is 0.133 e. The summed E-state index contributed by atoms with van der Waals surface area (Å²) in [5.41, 5.74) is 2.07. The lowest BCUT2D eigenvalue weighted by Crippen LogP contribution is -2.13. The van der Waals surface area contributed by atoms with E-state index < -0.39 is 0 Å². The molecule has 0 atom stereocenters. The molecular weight excluding hydrogens is 274 g/mol. The van der Waals surface area contributed by atoms with Crippen LogP contribution in [0.3, 0.4) is 0 Å². The van der Waals surface area contributed by atoms with E-state index in [4.69, 9.17) is 16.3 Å². The largest absolute Gasteiger partial charge is 0.497 e. The molecule has 0 unspecified atom stereocenters. The van der Waals surface area contributed by atoms with Gasteiger partial charge in [-0.2, -0.15) is 0 Å². The number of methoxy groups -OCH3 is 1. The third kappa shape index (κ3) is 3.21. The van der Waals surface area contributed by atoms with E-state index in [0.717, 1.165) is 22.8 Å². The molecule has 0 aliphatic carbocycles. The first-order valence-electron chi connectivity index (χ1n) is 6.32. The molecule has 0 aliphatic rings. The van der Waals surface area contributed by atoms with Gasteiger partial charge in [0.25, 0.3) is 0 Å². The quantitative estimate of drug-likeness (QED) is 0.918. The standard InChI is InChI=1S/C15H18ClN3O/c1-17-9-11-8-15(18-10-14(11)16)19(2)12-4-6-13(20-3)7-5-12/h4-8,10,17H,9H2,1-3H3. The molecule has 0 amide bonds. The number of benzene rings is 1. The third-order valence-corrected chi connectivity index (χ3v) is 3.43. The molecule has 1 N–H and O–H groups in total. The smallest absolute Gasteiger partial charge is 0.133 e. The van der Waals surface area contributed by atoms with Gasteiger partial charge in [0.15, 0.2) is 0 Å². The molecule has 0 bridgehead atoms. The highest BCUT2D eigenvalue weighted by Crippen LogP contribution is 2.26. The Bertz CT molecular complexity index is 572. The molecule has 0 spiro atoms. The SMILES string of the molecule is CNCc1cc(N(C)c2ccc(OC)cc2)ncc1Cl. The minimum atomic E-state index is 0.672. The Morgan fingerprint density at radius 2 is 2.00 bits per heavy atom. The van der Waals surface area contributed by atoms with Crippen molar-refractivity contribution < 1.29 is 4.74 Å². The maximum atomic E-state index is 6.13. The minimum absolute atomic E-state index is 0.672. The first kappa shape index (κ1) is 14.6. The number of aromatic nitrogens is 1. The van der Waals surface area contributed by atoms with Crippen molar-refractivity contribution >= 4 is 23.1 Å². The van der Waals surface area contributed by atoms with Crippen molar-refractivity contribution in [1.82, 2.24) is 10.3 Å². The molecule has 5 heteroatoms. The lowest BCUT2D eigenvalue weighted by Gasteiger charge is -2.19. The minimum Gasteiger partial charge on any atom is -0.497 e. The zero-order valence-corrected chi connectivity index (χ0v) is 12.6. The molecule has 0 aliphatic heterocycles. The van der Waals surface area contributed by atoms with Crippen LogP contribution in [0, 0.1) is 0 Å². The fourth-order valence-electron chi connectivity index (χ4n) is 1.92. The zero-order chi connectivity index (χ0) is 14.5. The van der Waals surface area contributed by atoms with Crippen LogP contribution in [0.1, 0.15) is 5.56 Å². The second-order valence-electron chi connectivity index (χ2n) is 4.42. The van der Waals surface area contributed by atoms with Gasteiger partial charge >= 0.3 is 0 Å². The number of hydrogen-bond donors (Lipinski definition) is 1. The van der Waals surface area contributed by atoms with Crippen molar-refractivity contribution in [2.45, 2.75) is 6.54 Å². The number of halogens is 1. The molecule has 0 saturated carbocycles. The Labute approximate surface area is 124 Å². The van der Waals surface area contributed by atoms with Crippen LogP contribution in [-0.2, 0) is 6.54 Å². The zero-order valence-electron chi connectivity index (χ0n) is 11.9. The van der Waals surface area contributed by atoms with Crippen LogP contribution in [0.4, 0.5) is 11.5 Å². The lowest BCUT2D eigenvalue weighted by molar-refractivity contribution is 0.415. The van der Waals surface area contributed by atoms with Crippen molar-refractivity contribution in [3.63, 3.8) is 0 Å². The van der Waals surface area contributed by atoms with Gasteiger partial charge in [-0.25, -0.2) is 4.98 Å². The molecule has 4 nitrogen and oxygen atoms in total. The monoisotopic (exact) mass is 291 g/mol. The van der Waals surface area contributed by atoms with Gasteiger partial charge in [0, 0.05) is 25.5 Å². The Balaban J connectivity index is 2.27. The van der Waals surface area contributed by atoms with E-state index in [0.29, 0.717) is 11.6 Å². The summed E-state index contributed by atoms with van der Waals surface area (Å²) < 4.78 is 5.16. The number of pyridine rings is 1. The van der Waals surface area contributed by atoms with E-state index in [9.17, 15) is 0 Å². The van der Waals surface area contributed by atoms with Crippen molar-refractivity contribution in [2.24, 2.45) is 0 Å². The van der Waals surface area contributed by atoms with Crippen LogP contribution >= 0.6 is 11.6 Å². The molecule has 2 aromatic rings. The Morgan fingerprint density at radius 1 is 1.30 bits per heavy atom. The van der Waals surface area contributed by atoms with Crippen LogP contribution in [0.5, 0.6) is 5.75 Å². The second kappa shape index (κ2) is 6.59. The summed E-state index contributed by atoms with van der Waals surface area (Å²) in [6, 6.07) is 9.83. The number of anilines is 2. The predicted octanol–water partition coefficient (Wildman–Crippen LogP) is 3.23. The maximum absolute atomic E-state index is 6.13. The van der Waals surface area contributed by atoms with Crippen molar-refractivity contribution in [2.75, 3.05) is 26.1 Å². The average Bonchev–Trinajstić information content (AvgIpc) is 2.49. The van der Waals surface area contributed by atoms with Gasteiger partial charge in [-0.05, 0) is 42.9 Å². The molecule has 0 saturated heterocycles. The highest BCUT2D eigenvalue weighted by Gasteiger charge is 2.08. The average molecular weight is 292 g/mol. The lowest BCUT2D eigenvalue weighted by atomic mass is 10.2. The molecule has 0 fully saturated rings. The van der Waals surface area contributed by atoms with Crippen LogP contribution in [-0.4, -0.2) is 26.2 Å². The first-order chi connectivity index (χ1) is 9.65. The van der Waals surface area contributed by atoms with Crippen LogP contribution in [0.25, 0.3) is 0 Å². The number of nitrogens with zero attached hydrogens (tertiary/aromatic N) is 2. The number of nitrogens with one attached hydrogen (secondary N) is 1. The Morgan fingerprint density at radius 3 is 2.60 bits per heavy atom. The van der Waals surface area contributed by atoms with E-state index in [-0.39, 0.29) is 0 Å². The fraction of sp³-hybridized carbons (Fsp3) is 0.267. The summed E-state index contributed by atoms with van der Waals surface area (Å²) in [6.45, 7) is 0.713. The summed E-state index contributed by atoms with van der Waals surface area (Å²) >= 11 is 6.13.